The fourth-order valence-electron chi connectivity index (χ4n) is 1.15. The Morgan fingerprint density at radius 2 is 1.93 bits per heavy atom. The van der Waals surface area contributed by atoms with Gasteiger partial charge < -0.3 is 15.1 Å². The average molecular weight is 215 g/mol. The van der Waals surface area contributed by atoms with Crippen LogP contribution in [0.1, 0.15) is 9.67 Å². The molecule has 1 rings (SSSR count). The van der Waals surface area contributed by atoms with Gasteiger partial charge in [0.25, 0.3) is 0 Å². The number of carbonyl (C=O) groups is 1. The molecule has 0 spiro atoms. The first-order valence-corrected chi connectivity index (χ1v) is 5.15. The minimum atomic E-state index is 0.0360. The third kappa shape index (κ3) is 2.80. The van der Waals surface area contributed by atoms with E-state index in [9.17, 15) is 4.79 Å². The van der Waals surface area contributed by atoms with E-state index in [0.29, 0.717) is 18.0 Å². The summed E-state index contributed by atoms with van der Waals surface area (Å²) >= 11 is 1.36. The Kier molecular flexibility index (Phi) is 4.58. The lowest BCUT2D eigenvalue weighted by molar-refractivity contribution is 0.112. The molecular formula is C9H13NO3S. The molecule has 0 aromatic carbocycles. The van der Waals surface area contributed by atoms with Crippen molar-refractivity contribution in [3.63, 3.8) is 0 Å². The number of nitrogens with zero attached hydrogens (tertiary/aromatic N) is 1. The van der Waals surface area contributed by atoms with Gasteiger partial charge in [0.2, 0.25) is 0 Å². The van der Waals surface area contributed by atoms with Crippen LogP contribution in [0.15, 0.2) is 12.1 Å². The Morgan fingerprint density at radius 1 is 1.29 bits per heavy atom. The lowest BCUT2D eigenvalue weighted by Gasteiger charge is -2.20. The standard InChI is InChI=1S/C9H13NO3S/c11-5-3-10(4-6-12)9-2-1-8(7-13)14-9/h1-2,7,11-12H,3-6H2. The molecule has 2 N–H and O–H groups in total. The highest BCUT2D eigenvalue weighted by Gasteiger charge is 2.07. The number of hydrogen-bond donors (Lipinski definition) is 2. The molecule has 0 saturated carbocycles. The van der Waals surface area contributed by atoms with Crippen LogP contribution in [0.5, 0.6) is 0 Å². The van der Waals surface area contributed by atoms with Crippen LogP contribution in [-0.4, -0.2) is 42.8 Å². The van der Waals surface area contributed by atoms with Crippen LogP contribution in [0.4, 0.5) is 5.00 Å². The van der Waals surface area contributed by atoms with E-state index in [4.69, 9.17) is 10.2 Å². The van der Waals surface area contributed by atoms with Crippen LogP contribution in [0, 0.1) is 0 Å². The first-order chi connectivity index (χ1) is 6.81. The van der Waals surface area contributed by atoms with E-state index in [2.05, 4.69) is 0 Å². The summed E-state index contributed by atoms with van der Waals surface area (Å²) < 4.78 is 0. The Labute approximate surface area is 86.4 Å². The van der Waals surface area contributed by atoms with Gasteiger partial charge >= 0.3 is 0 Å². The average Bonchev–Trinajstić information content (AvgIpc) is 2.65. The van der Waals surface area contributed by atoms with Crippen molar-refractivity contribution in [1.82, 2.24) is 0 Å². The van der Waals surface area contributed by atoms with Crippen molar-refractivity contribution in [1.29, 1.82) is 0 Å². The molecule has 0 aliphatic heterocycles. The number of aldehydes is 1. The zero-order valence-corrected chi connectivity index (χ0v) is 8.54. The molecule has 0 aliphatic carbocycles. The van der Waals surface area contributed by atoms with Gasteiger partial charge in [0.15, 0.2) is 6.29 Å². The normalized spacial score (nSPS) is 10.1. The minimum Gasteiger partial charge on any atom is -0.395 e. The lowest BCUT2D eigenvalue weighted by atomic mass is 10.4. The van der Waals surface area contributed by atoms with Gasteiger partial charge in [-0.05, 0) is 12.1 Å². The van der Waals surface area contributed by atoms with Crippen molar-refractivity contribution < 1.29 is 15.0 Å². The second-order valence-electron chi connectivity index (χ2n) is 2.73. The summed E-state index contributed by atoms with van der Waals surface area (Å²) in [6.45, 7) is 1.02. The minimum absolute atomic E-state index is 0.0360. The summed E-state index contributed by atoms with van der Waals surface area (Å²) in [6, 6.07) is 3.55. The first kappa shape index (κ1) is 11.2. The van der Waals surface area contributed by atoms with Gasteiger partial charge in [0.1, 0.15) is 0 Å². The highest BCUT2D eigenvalue weighted by Crippen LogP contribution is 2.24. The van der Waals surface area contributed by atoms with Gasteiger partial charge in [-0.1, -0.05) is 0 Å². The number of anilines is 1. The van der Waals surface area contributed by atoms with Crippen molar-refractivity contribution in [2.24, 2.45) is 0 Å². The predicted octanol–water partition coefficient (Wildman–Crippen LogP) is 0.352. The van der Waals surface area contributed by atoms with E-state index in [-0.39, 0.29) is 13.2 Å². The van der Waals surface area contributed by atoms with Crippen molar-refractivity contribution in [2.45, 2.75) is 0 Å². The number of aliphatic hydroxyl groups excluding tert-OH is 2. The summed E-state index contributed by atoms with van der Waals surface area (Å²) in [6.07, 6.45) is 0.796. The molecule has 5 heteroatoms. The number of aliphatic hydroxyl groups is 2. The number of hydrogen-bond acceptors (Lipinski definition) is 5. The van der Waals surface area contributed by atoms with E-state index in [0.717, 1.165) is 11.3 Å². The maximum Gasteiger partial charge on any atom is 0.160 e. The molecule has 4 nitrogen and oxygen atoms in total. The Balaban J connectivity index is 2.70. The van der Waals surface area contributed by atoms with Gasteiger partial charge in [-0.25, -0.2) is 0 Å². The molecule has 1 heterocycles. The molecular weight excluding hydrogens is 202 g/mol. The highest BCUT2D eigenvalue weighted by molar-refractivity contribution is 7.17. The van der Waals surface area contributed by atoms with Crippen LogP contribution >= 0.6 is 11.3 Å². The topological polar surface area (TPSA) is 60.8 Å². The van der Waals surface area contributed by atoms with Crippen molar-refractivity contribution in [3.8, 4) is 0 Å². The van der Waals surface area contributed by atoms with Crippen molar-refractivity contribution in [3.05, 3.63) is 17.0 Å². The largest absolute Gasteiger partial charge is 0.395 e. The first-order valence-electron chi connectivity index (χ1n) is 4.33. The van der Waals surface area contributed by atoms with Gasteiger partial charge in [-0.15, -0.1) is 11.3 Å². The van der Waals surface area contributed by atoms with Crippen LogP contribution < -0.4 is 4.90 Å². The number of carbonyl (C=O) groups excluding carboxylic acids is 1. The third-order valence-electron chi connectivity index (χ3n) is 1.78. The summed E-state index contributed by atoms with van der Waals surface area (Å²) in [5.74, 6) is 0. The zero-order valence-electron chi connectivity index (χ0n) is 7.72. The molecule has 78 valence electrons. The molecule has 0 amide bonds. The van der Waals surface area contributed by atoms with Gasteiger partial charge in [-0.2, -0.15) is 0 Å². The van der Waals surface area contributed by atoms with E-state index < -0.39 is 0 Å². The van der Waals surface area contributed by atoms with Crippen LogP contribution in [0.2, 0.25) is 0 Å². The zero-order chi connectivity index (χ0) is 10.4. The van der Waals surface area contributed by atoms with Crippen LogP contribution in [0.25, 0.3) is 0 Å². The molecule has 0 bridgehead atoms. The van der Waals surface area contributed by atoms with Crippen molar-refractivity contribution in [2.75, 3.05) is 31.2 Å². The van der Waals surface area contributed by atoms with Crippen LogP contribution in [-0.2, 0) is 0 Å². The summed E-state index contributed by atoms with van der Waals surface area (Å²) in [4.78, 5) is 12.9. The Morgan fingerprint density at radius 3 is 2.36 bits per heavy atom. The van der Waals surface area contributed by atoms with E-state index >= 15 is 0 Å². The fraction of sp³-hybridized carbons (Fsp3) is 0.444. The molecule has 0 unspecified atom stereocenters. The number of rotatable bonds is 6. The fourth-order valence-corrected chi connectivity index (χ4v) is 2.02. The second-order valence-corrected chi connectivity index (χ2v) is 3.82. The maximum absolute atomic E-state index is 10.5. The van der Waals surface area contributed by atoms with E-state index in [1.807, 2.05) is 11.0 Å². The quantitative estimate of drug-likeness (QED) is 0.672. The molecule has 0 atom stereocenters. The summed E-state index contributed by atoms with van der Waals surface area (Å²) in [5.41, 5.74) is 0. The monoisotopic (exact) mass is 215 g/mol. The van der Waals surface area contributed by atoms with Gasteiger partial charge in [0, 0.05) is 13.1 Å². The highest BCUT2D eigenvalue weighted by atomic mass is 32.1. The van der Waals surface area contributed by atoms with E-state index in [1.165, 1.54) is 11.3 Å². The summed E-state index contributed by atoms with van der Waals surface area (Å²) in [7, 11) is 0. The van der Waals surface area contributed by atoms with Gasteiger partial charge in [0.05, 0.1) is 23.1 Å². The lowest BCUT2D eigenvalue weighted by Crippen LogP contribution is -2.28. The van der Waals surface area contributed by atoms with Crippen molar-refractivity contribution >= 4 is 22.6 Å². The van der Waals surface area contributed by atoms with E-state index in [1.54, 1.807) is 6.07 Å². The van der Waals surface area contributed by atoms with Gasteiger partial charge in [-0.3, -0.25) is 4.79 Å². The summed E-state index contributed by atoms with van der Waals surface area (Å²) in [5, 5.41) is 18.5. The molecule has 0 saturated heterocycles. The number of thiophene rings is 1. The Bertz CT molecular complexity index is 281. The molecule has 0 aliphatic rings. The maximum atomic E-state index is 10.5. The third-order valence-corrected chi connectivity index (χ3v) is 2.85. The molecule has 0 fully saturated rings. The molecule has 14 heavy (non-hydrogen) atoms. The SMILES string of the molecule is O=Cc1ccc(N(CCO)CCO)s1. The molecule has 0 radical (unpaired) electrons. The second kappa shape index (κ2) is 5.74. The Hall–Kier alpha value is -0.910. The predicted molar refractivity (Wildman–Crippen MR) is 56.1 cm³/mol. The smallest absolute Gasteiger partial charge is 0.160 e. The molecule has 1 aromatic heterocycles. The molecule has 1 aromatic rings. The van der Waals surface area contributed by atoms with Crippen LogP contribution in [0.3, 0.4) is 0 Å².